The smallest absolute Gasteiger partial charge is 0.251 e. The molecule has 0 saturated heterocycles. The summed E-state index contributed by atoms with van der Waals surface area (Å²) in [4.78, 5) is 16.0. The zero-order chi connectivity index (χ0) is 15.4. The Morgan fingerprint density at radius 1 is 1.33 bits per heavy atom. The molecule has 110 valence electrons. The fraction of sp³-hybridized carbons (Fsp3) is 0.143. The molecule has 1 aromatic heterocycles. The van der Waals surface area contributed by atoms with Crippen LogP contribution in [-0.2, 0) is 6.54 Å². The van der Waals surface area contributed by atoms with Crippen molar-refractivity contribution in [3.8, 4) is 0 Å². The molecular formula is C14H12Br2ClN3O. The molecule has 7 heteroatoms. The summed E-state index contributed by atoms with van der Waals surface area (Å²) in [5, 5.41) is 6.32. The van der Waals surface area contributed by atoms with Gasteiger partial charge in [0.15, 0.2) is 0 Å². The summed E-state index contributed by atoms with van der Waals surface area (Å²) in [7, 11) is 1.59. The van der Waals surface area contributed by atoms with Gasteiger partial charge in [-0.05, 0) is 56.1 Å². The van der Waals surface area contributed by atoms with Crippen molar-refractivity contribution in [1.82, 2.24) is 10.3 Å². The third-order valence-corrected chi connectivity index (χ3v) is 4.24. The van der Waals surface area contributed by atoms with E-state index in [2.05, 4.69) is 47.5 Å². The third-order valence-electron chi connectivity index (χ3n) is 2.79. The molecular weight excluding hydrogens is 421 g/mol. The van der Waals surface area contributed by atoms with Crippen molar-refractivity contribution in [1.29, 1.82) is 0 Å². The average molecular weight is 434 g/mol. The van der Waals surface area contributed by atoms with Gasteiger partial charge in [-0.3, -0.25) is 9.78 Å². The van der Waals surface area contributed by atoms with Crippen LogP contribution < -0.4 is 10.6 Å². The number of pyridine rings is 1. The summed E-state index contributed by atoms with van der Waals surface area (Å²) in [5.74, 6) is -0.155. The number of amides is 1. The Bertz CT molecular complexity index is 679. The van der Waals surface area contributed by atoms with Gasteiger partial charge in [-0.25, -0.2) is 0 Å². The van der Waals surface area contributed by atoms with E-state index >= 15 is 0 Å². The highest BCUT2D eigenvalue weighted by molar-refractivity contribution is 9.11. The molecule has 2 N–H and O–H groups in total. The first-order valence-corrected chi connectivity index (χ1v) is 8.03. The number of benzene rings is 1. The number of aromatic nitrogens is 1. The molecule has 1 aromatic carbocycles. The molecule has 21 heavy (non-hydrogen) atoms. The van der Waals surface area contributed by atoms with Crippen molar-refractivity contribution < 1.29 is 4.79 Å². The van der Waals surface area contributed by atoms with Crippen LogP contribution in [0.15, 0.2) is 39.4 Å². The first-order chi connectivity index (χ1) is 10.0. The molecule has 0 atom stereocenters. The number of rotatable bonds is 4. The first kappa shape index (κ1) is 16.3. The molecule has 1 amide bonds. The van der Waals surface area contributed by atoms with E-state index in [0.29, 0.717) is 22.8 Å². The highest BCUT2D eigenvalue weighted by Crippen LogP contribution is 2.25. The molecule has 2 rings (SSSR count). The summed E-state index contributed by atoms with van der Waals surface area (Å²) < 4.78 is 1.79. The molecule has 0 saturated carbocycles. The van der Waals surface area contributed by atoms with Crippen LogP contribution in [-0.4, -0.2) is 17.9 Å². The maximum absolute atomic E-state index is 11.6. The minimum absolute atomic E-state index is 0.155. The van der Waals surface area contributed by atoms with Crippen LogP contribution in [0.5, 0.6) is 0 Å². The predicted octanol–water partition coefficient (Wildman–Crippen LogP) is 4.23. The normalized spacial score (nSPS) is 10.3. The van der Waals surface area contributed by atoms with Crippen LogP contribution in [0.2, 0.25) is 5.02 Å². The molecule has 0 unspecified atom stereocenters. The van der Waals surface area contributed by atoms with Crippen LogP contribution in [0.3, 0.4) is 0 Å². The fourth-order valence-electron chi connectivity index (χ4n) is 1.70. The summed E-state index contributed by atoms with van der Waals surface area (Å²) in [6.07, 6.45) is 1.73. The summed E-state index contributed by atoms with van der Waals surface area (Å²) in [6, 6.07) is 7.01. The molecule has 0 aliphatic heterocycles. The Labute approximate surface area is 144 Å². The van der Waals surface area contributed by atoms with Gasteiger partial charge in [0.05, 0.1) is 22.9 Å². The largest absolute Gasteiger partial charge is 0.378 e. The lowest BCUT2D eigenvalue weighted by Gasteiger charge is -2.11. The van der Waals surface area contributed by atoms with Crippen molar-refractivity contribution in [3.63, 3.8) is 0 Å². The Morgan fingerprint density at radius 3 is 2.76 bits per heavy atom. The molecule has 0 aliphatic rings. The van der Waals surface area contributed by atoms with Crippen LogP contribution in [0.1, 0.15) is 16.1 Å². The Kier molecular flexibility index (Phi) is 5.61. The van der Waals surface area contributed by atoms with Gasteiger partial charge in [-0.1, -0.05) is 11.6 Å². The summed E-state index contributed by atoms with van der Waals surface area (Å²) >= 11 is 13.0. The predicted molar refractivity (Wildman–Crippen MR) is 91.8 cm³/mol. The van der Waals surface area contributed by atoms with Crippen LogP contribution >= 0.6 is 43.5 Å². The van der Waals surface area contributed by atoms with Crippen molar-refractivity contribution >= 4 is 55.1 Å². The maximum Gasteiger partial charge on any atom is 0.251 e. The number of nitrogens with zero attached hydrogens (tertiary/aromatic N) is 1. The van der Waals surface area contributed by atoms with Crippen molar-refractivity contribution in [2.24, 2.45) is 0 Å². The Balaban J connectivity index is 2.17. The minimum atomic E-state index is -0.155. The molecule has 2 aromatic rings. The monoisotopic (exact) mass is 431 g/mol. The van der Waals surface area contributed by atoms with E-state index in [0.717, 1.165) is 14.6 Å². The quantitative estimate of drug-likeness (QED) is 0.759. The SMILES string of the molecule is CNC(=O)c1ccc(Cl)c(NCc2ncc(Br)cc2Br)c1. The lowest BCUT2D eigenvalue weighted by molar-refractivity contribution is 0.0963. The number of carbonyl (C=O) groups is 1. The van der Waals surface area contributed by atoms with Gasteiger partial charge >= 0.3 is 0 Å². The zero-order valence-electron chi connectivity index (χ0n) is 11.1. The van der Waals surface area contributed by atoms with Gasteiger partial charge in [0.2, 0.25) is 0 Å². The number of carbonyl (C=O) groups excluding carboxylic acids is 1. The van der Waals surface area contributed by atoms with E-state index in [1.165, 1.54) is 0 Å². The molecule has 0 radical (unpaired) electrons. The van der Waals surface area contributed by atoms with Gasteiger partial charge < -0.3 is 10.6 Å². The number of hydrogen-bond donors (Lipinski definition) is 2. The number of halogens is 3. The van der Waals surface area contributed by atoms with Crippen molar-refractivity contribution in [2.75, 3.05) is 12.4 Å². The molecule has 4 nitrogen and oxygen atoms in total. The number of hydrogen-bond acceptors (Lipinski definition) is 3. The van der Waals surface area contributed by atoms with Crippen molar-refractivity contribution in [2.45, 2.75) is 6.54 Å². The second kappa shape index (κ2) is 7.24. The fourth-order valence-corrected chi connectivity index (χ4v) is 3.01. The molecule has 0 spiro atoms. The average Bonchev–Trinajstić information content (AvgIpc) is 2.47. The lowest BCUT2D eigenvalue weighted by Crippen LogP contribution is -2.18. The van der Waals surface area contributed by atoms with Gasteiger partial charge in [0.25, 0.3) is 5.91 Å². The topological polar surface area (TPSA) is 54.0 Å². The summed E-state index contributed by atoms with van der Waals surface area (Å²) in [6.45, 7) is 0.491. The standard InChI is InChI=1S/C14H12Br2ClN3O/c1-18-14(21)8-2-3-11(17)12(4-8)20-7-13-10(16)5-9(15)6-19-13/h2-6,20H,7H2,1H3,(H,18,21). The van der Waals surface area contributed by atoms with Crippen molar-refractivity contribution in [3.05, 3.63) is 55.7 Å². The number of anilines is 1. The number of nitrogens with one attached hydrogen (secondary N) is 2. The lowest BCUT2D eigenvalue weighted by atomic mass is 10.2. The molecule has 0 fully saturated rings. The van der Waals surface area contributed by atoms with Gasteiger partial charge in [-0.15, -0.1) is 0 Å². The van der Waals surface area contributed by atoms with Gasteiger partial charge in [-0.2, -0.15) is 0 Å². The van der Waals surface area contributed by atoms with E-state index in [1.807, 2.05) is 6.07 Å². The van der Waals surface area contributed by atoms with Gasteiger partial charge in [0, 0.05) is 27.8 Å². The molecule has 0 bridgehead atoms. The van der Waals surface area contributed by atoms with Crippen LogP contribution in [0.4, 0.5) is 5.69 Å². The first-order valence-electron chi connectivity index (χ1n) is 6.06. The van der Waals surface area contributed by atoms with E-state index in [-0.39, 0.29) is 5.91 Å². The molecule has 0 aliphatic carbocycles. The Hall–Kier alpha value is -1.11. The summed E-state index contributed by atoms with van der Waals surface area (Å²) in [5.41, 5.74) is 2.08. The van der Waals surface area contributed by atoms with Crippen LogP contribution in [0, 0.1) is 0 Å². The van der Waals surface area contributed by atoms with E-state index < -0.39 is 0 Å². The second-order valence-electron chi connectivity index (χ2n) is 4.21. The molecule has 1 heterocycles. The minimum Gasteiger partial charge on any atom is -0.378 e. The maximum atomic E-state index is 11.6. The van der Waals surface area contributed by atoms with Crippen LogP contribution in [0.25, 0.3) is 0 Å². The van der Waals surface area contributed by atoms with E-state index in [4.69, 9.17) is 11.6 Å². The third kappa shape index (κ3) is 4.18. The highest BCUT2D eigenvalue weighted by Gasteiger charge is 2.08. The zero-order valence-corrected chi connectivity index (χ0v) is 15.0. The Morgan fingerprint density at radius 2 is 2.10 bits per heavy atom. The van der Waals surface area contributed by atoms with Gasteiger partial charge in [0.1, 0.15) is 0 Å². The second-order valence-corrected chi connectivity index (χ2v) is 6.39. The highest BCUT2D eigenvalue weighted by atomic mass is 79.9. The van der Waals surface area contributed by atoms with E-state index in [9.17, 15) is 4.79 Å². The van der Waals surface area contributed by atoms with E-state index in [1.54, 1.807) is 31.4 Å².